The lowest BCUT2D eigenvalue weighted by Crippen LogP contribution is -2.22. The lowest BCUT2D eigenvalue weighted by Gasteiger charge is -2.08. The summed E-state index contributed by atoms with van der Waals surface area (Å²) in [6.07, 6.45) is 3.83. The number of aromatic nitrogens is 1. The van der Waals surface area contributed by atoms with Gasteiger partial charge in [-0.1, -0.05) is 12.1 Å². The van der Waals surface area contributed by atoms with Crippen molar-refractivity contribution in [2.75, 3.05) is 5.32 Å². The van der Waals surface area contributed by atoms with Crippen LogP contribution in [0.25, 0.3) is 0 Å². The molecule has 1 aromatic carbocycles. The van der Waals surface area contributed by atoms with Gasteiger partial charge < -0.3 is 5.32 Å². The first-order valence-electron chi connectivity index (χ1n) is 7.36. The van der Waals surface area contributed by atoms with Gasteiger partial charge in [0.15, 0.2) is 0 Å². The minimum Gasteiger partial charge on any atom is -0.322 e. The van der Waals surface area contributed by atoms with E-state index >= 15 is 0 Å². The highest BCUT2D eigenvalue weighted by molar-refractivity contribution is 9.10. The fourth-order valence-corrected chi connectivity index (χ4v) is 2.88. The summed E-state index contributed by atoms with van der Waals surface area (Å²) in [5.74, 6) is -1.01. The third kappa shape index (κ3) is 3.86. The second-order valence-corrected chi connectivity index (χ2v) is 6.48. The summed E-state index contributed by atoms with van der Waals surface area (Å²) in [7, 11) is 0. The van der Waals surface area contributed by atoms with Crippen molar-refractivity contribution in [2.45, 2.75) is 12.8 Å². The quantitative estimate of drug-likeness (QED) is 0.787. The molecule has 1 aliphatic heterocycles. The van der Waals surface area contributed by atoms with Gasteiger partial charge in [-0.05, 0) is 46.1 Å². The summed E-state index contributed by atoms with van der Waals surface area (Å²) >= 11 is 3.28. The van der Waals surface area contributed by atoms with Crippen LogP contribution in [0.3, 0.4) is 0 Å². The highest BCUT2D eigenvalue weighted by Gasteiger charge is 2.30. The Hall–Kier alpha value is -2.54. The highest BCUT2D eigenvalue weighted by Crippen LogP contribution is 2.19. The van der Waals surface area contributed by atoms with Crippen molar-refractivity contribution in [1.82, 2.24) is 10.3 Å². The van der Waals surface area contributed by atoms with Gasteiger partial charge in [-0.3, -0.25) is 24.7 Å². The molecule has 1 aromatic heterocycles. The zero-order valence-corrected chi connectivity index (χ0v) is 14.2. The molecule has 1 unspecified atom stereocenters. The van der Waals surface area contributed by atoms with Gasteiger partial charge in [-0.15, -0.1) is 0 Å². The molecule has 2 aromatic rings. The number of carbonyl (C=O) groups excluding carboxylic acids is 3. The van der Waals surface area contributed by atoms with E-state index < -0.39 is 0 Å². The van der Waals surface area contributed by atoms with Gasteiger partial charge >= 0.3 is 0 Å². The van der Waals surface area contributed by atoms with Crippen LogP contribution in [0.2, 0.25) is 0 Å². The lowest BCUT2D eigenvalue weighted by atomic mass is 9.98. The predicted molar refractivity (Wildman–Crippen MR) is 91.3 cm³/mol. The number of nitrogens with zero attached hydrogens (tertiary/aromatic N) is 1. The number of pyridine rings is 1. The zero-order chi connectivity index (χ0) is 17.1. The summed E-state index contributed by atoms with van der Waals surface area (Å²) in [4.78, 5) is 38.9. The lowest BCUT2D eigenvalue weighted by molar-refractivity contribution is -0.125. The van der Waals surface area contributed by atoms with E-state index in [-0.39, 0.29) is 30.1 Å². The molecule has 0 bridgehead atoms. The van der Waals surface area contributed by atoms with Crippen LogP contribution in [-0.4, -0.2) is 22.7 Å². The number of hydrogen-bond donors (Lipinski definition) is 2. The van der Waals surface area contributed by atoms with E-state index in [1.165, 1.54) is 6.20 Å². The first-order chi connectivity index (χ1) is 11.5. The molecule has 6 nitrogen and oxygen atoms in total. The van der Waals surface area contributed by atoms with Gasteiger partial charge in [0.05, 0.1) is 11.5 Å². The van der Waals surface area contributed by atoms with Gasteiger partial charge in [0.1, 0.15) is 0 Å². The third-order valence-corrected chi connectivity index (χ3v) is 4.16. The van der Waals surface area contributed by atoms with Crippen molar-refractivity contribution in [3.05, 3.63) is 58.3 Å². The monoisotopic (exact) mass is 387 g/mol. The van der Waals surface area contributed by atoms with Crippen molar-refractivity contribution in [3.63, 3.8) is 0 Å². The molecule has 0 radical (unpaired) electrons. The molecule has 1 aliphatic rings. The largest absolute Gasteiger partial charge is 0.322 e. The summed E-state index contributed by atoms with van der Waals surface area (Å²) in [6, 6.07) is 8.91. The van der Waals surface area contributed by atoms with E-state index in [2.05, 4.69) is 31.5 Å². The Kier molecular flexibility index (Phi) is 4.71. The number of halogens is 1. The van der Waals surface area contributed by atoms with E-state index in [0.717, 1.165) is 10.0 Å². The van der Waals surface area contributed by atoms with E-state index in [9.17, 15) is 14.4 Å². The zero-order valence-electron chi connectivity index (χ0n) is 12.6. The van der Waals surface area contributed by atoms with Gasteiger partial charge in [0, 0.05) is 29.0 Å². The van der Waals surface area contributed by atoms with Crippen LogP contribution in [0, 0.1) is 5.92 Å². The number of rotatable bonds is 4. The fourth-order valence-electron chi connectivity index (χ4n) is 2.52. The van der Waals surface area contributed by atoms with Crippen LogP contribution in [0.5, 0.6) is 0 Å². The molecule has 0 aliphatic carbocycles. The van der Waals surface area contributed by atoms with Crippen LogP contribution >= 0.6 is 15.9 Å². The maximum atomic E-state index is 12.1. The summed E-state index contributed by atoms with van der Waals surface area (Å²) < 4.78 is 0.731. The molecular weight excluding hydrogens is 374 g/mol. The maximum absolute atomic E-state index is 12.1. The molecule has 2 N–H and O–H groups in total. The SMILES string of the molecule is O=C1CC(Cc2ccc(NC(=O)c3cncc(Br)c3)cc2)C(=O)N1. The van der Waals surface area contributed by atoms with E-state index in [1.54, 1.807) is 24.4 Å². The molecule has 1 atom stereocenters. The predicted octanol–water partition coefficient (Wildman–Crippen LogP) is 2.30. The van der Waals surface area contributed by atoms with Crippen LogP contribution in [0.4, 0.5) is 5.69 Å². The number of amides is 3. The topological polar surface area (TPSA) is 88.2 Å². The van der Waals surface area contributed by atoms with Gasteiger partial charge in [-0.25, -0.2) is 0 Å². The van der Waals surface area contributed by atoms with Crippen molar-refractivity contribution < 1.29 is 14.4 Å². The Balaban J connectivity index is 1.63. The minimum atomic E-state index is -0.314. The van der Waals surface area contributed by atoms with Gasteiger partial charge in [0.2, 0.25) is 11.8 Å². The number of anilines is 1. The molecule has 3 amide bonds. The Morgan fingerprint density at radius 1 is 1.25 bits per heavy atom. The number of nitrogens with one attached hydrogen (secondary N) is 2. The minimum absolute atomic E-state index is 0.223. The van der Waals surface area contributed by atoms with Crippen molar-refractivity contribution in [2.24, 2.45) is 5.92 Å². The average molecular weight is 388 g/mol. The number of carbonyl (C=O) groups is 3. The Bertz CT molecular complexity index is 805. The second-order valence-electron chi connectivity index (χ2n) is 5.56. The van der Waals surface area contributed by atoms with Crippen LogP contribution in [0.1, 0.15) is 22.3 Å². The van der Waals surface area contributed by atoms with Crippen LogP contribution in [0.15, 0.2) is 47.2 Å². The normalized spacial score (nSPS) is 16.8. The highest BCUT2D eigenvalue weighted by atomic mass is 79.9. The summed E-state index contributed by atoms with van der Waals surface area (Å²) in [5.41, 5.74) is 2.04. The number of hydrogen-bond acceptors (Lipinski definition) is 4. The first-order valence-corrected chi connectivity index (χ1v) is 8.15. The first kappa shape index (κ1) is 16.3. The molecular formula is C17H14BrN3O3. The Labute approximate surface area is 146 Å². The van der Waals surface area contributed by atoms with Crippen LogP contribution in [-0.2, 0) is 16.0 Å². The Morgan fingerprint density at radius 2 is 2.00 bits per heavy atom. The molecule has 0 saturated carbocycles. The molecule has 24 heavy (non-hydrogen) atoms. The van der Waals surface area contributed by atoms with Crippen molar-refractivity contribution in [1.29, 1.82) is 0 Å². The molecule has 1 fully saturated rings. The van der Waals surface area contributed by atoms with E-state index in [1.807, 2.05) is 12.1 Å². The molecule has 2 heterocycles. The average Bonchev–Trinajstić information content (AvgIpc) is 2.87. The van der Waals surface area contributed by atoms with Crippen molar-refractivity contribution >= 4 is 39.3 Å². The molecule has 3 rings (SSSR count). The summed E-state index contributed by atoms with van der Waals surface area (Å²) in [5, 5.41) is 5.09. The second kappa shape index (κ2) is 6.92. The van der Waals surface area contributed by atoms with E-state index in [0.29, 0.717) is 17.7 Å². The number of imide groups is 1. The van der Waals surface area contributed by atoms with Crippen LogP contribution < -0.4 is 10.6 Å². The molecule has 0 spiro atoms. The molecule has 7 heteroatoms. The summed E-state index contributed by atoms with van der Waals surface area (Å²) in [6.45, 7) is 0. The smallest absolute Gasteiger partial charge is 0.257 e. The molecule has 122 valence electrons. The maximum Gasteiger partial charge on any atom is 0.257 e. The number of benzene rings is 1. The van der Waals surface area contributed by atoms with E-state index in [4.69, 9.17) is 0 Å². The van der Waals surface area contributed by atoms with Gasteiger partial charge in [0.25, 0.3) is 5.91 Å². The Morgan fingerprint density at radius 3 is 2.62 bits per heavy atom. The molecule has 1 saturated heterocycles. The fraction of sp³-hybridized carbons (Fsp3) is 0.176. The third-order valence-electron chi connectivity index (χ3n) is 3.73. The standard InChI is InChI=1S/C17H14BrN3O3/c18-13-6-12(8-19-9-13)17(24)20-14-3-1-10(2-4-14)5-11-7-15(22)21-16(11)23/h1-4,6,8-9,11H,5,7H2,(H,20,24)(H,21,22,23). The van der Waals surface area contributed by atoms with Crippen molar-refractivity contribution in [3.8, 4) is 0 Å². The van der Waals surface area contributed by atoms with Gasteiger partial charge in [-0.2, -0.15) is 0 Å².